The summed E-state index contributed by atoms with van der Waals surface area (Å²) in [5.41, 5.74) is 10.8. The van der Waals surface area contributed by atoms with Crippen LogP contribution in [0.1, 0.15) is 30.6 Å². The fraction of sp³-hybridized carbons (Fsp3) is 0.400. The molecule has 0 aliphatic rings. The first kappa shape index (κ1) is 11.9. The van der Waals surface area contributed by atoms with Gasteiger partial charge in [-0.05, 0) is 19.4 Å². The number of carbonyl (C=O) groups excluding carboxylic acids is 1. The molecule has 0 amide bonds. The van der Waals surface area contributed by atoms with Crippen molar-refractivity contribution in [2.45, 2.75) is 25.8 Å². The summed E-state index contributed by atoms with van der Waals surface area (Å²) in [6, 6.07) is 1.49. The first-order chi connectivity index (χ1) is 6.88. The number of pyridine rings is 1. The van der Waals surface area contributed by atoms with Gasteiger partial charge in [-0.1, -0.05) is 18.5 Å². The number of nitrogen functional groups attached to an aromatic ring is 1. The SMILES string of the molecule is CCC(C)(N)C(=O)c1cc(Cl)cnc1N. The van der Waals surface area contributed by atoms with Crippen LogP contribution in [0.4, 0.5) is 5.82 Å². The number of Topliss-reactive ketones (excluding diaryl/α,β-unsaturated/α-hetero) is 1. The standard InChI is InChI=1S/C10H14ClN3O/c1-3-10(2,13)8(15)7-4-6(11)5-14-9(7)12/h4-5H,3,13H2,1-2H3,(H2,12,14). The number of anilines is 1. The van der Waals surface area contributed by atoms with Crippen molar-refractivity contribution >= 4 is 23.2 Å². The van der Waals surface area contributed by atoms with Crippen molar-refractivity contribution < 1.29 is 4.79 Å². The Hall–Kier alpha value is -1.13. The minimum atomic E-state index is -0.930. The number of hydrogen-bond acceptors (Lipinski definition) is 4. The molecule has 82 valence electrons. The molecule has 4 N–H and O–H groups in total. The lowest BCUT2D eigenvalue weighted by Gasteiger charge is -2.21. The van der Waals surface area contributed by atoms with Crippen molar-refractivity contribution in [3.05, 3.63) is 22.8 Å². The number of aromatic nitrogens is 1. The molecule has 4 nitrogen and oxygen atoms in total. The molecule has 1 heterocycles. The Morgan fingerprint density at radius 1 is 1.67 bits per heavy atom. The van der Waals surface area contributed by atoms with Crippen LogP contribution < -0.4 is 11.5 Å². The van der Waals surface area contributed by atoms with Crippen molar-refractivity contribution in [2.75, 3.05) is 5.73 Å². The molecule has 0 radical (unpaired) electrons. The Morgan fingerprint density at radius 3 is 2.80 bits per heavy atom. The predicted octanol–water partition coefficient (Wildman–Crippen LogP) is 1.63. The average molecular weight is 228 g/mol. The molecular formula is C10H14ClN3O. The van der Waals surface area contributed by atoms with E-state index >= 15 is 0 Å². The number of halogens is 1. The maximum atomic E-state index is 12.0. The first-order valence-electron chi connectivity index (χ1n) is 4.63. The lowest BCUT2D eigenvalue weighted by molar-refractivity contribution is 0.0898. The summed E-state index contributed by atoms with van der Waals surface area (Å²) in [6.45, 7) is 3.50. The van der Waals surface area contributed by atoms with E-state index < -0.39 is 5.54 Å². The van der Waals surface area contributed by atoms with Crippen molar-refractivity contribution in [1.82, 2.24) is 4.98 Å². The Labute approximate surface area is 93.6 Å². The highest BCUT2D eigenvalue weighted by molar-refractivity contribution is 6.31. The van der Waals surface area contributed by atoms with Crippen LogP contribution in [-0.4, -0.2) is 16.3 Å². The Kier molecular flexibility index (Phi) is 3.31. The van der Waals surface area contributed by atoms with Crippen LogP contribution in [0, 0.1) is 0 Å². The molecule has 0 fully saturated rings. The molecule has 5 heteroatoms. The van der Waals surface area contributed by atoms with Crippen LogP contribution in [0.3, 0.4) is 0 Å². The highest BCUT2D eigenvalue weighted by Crippen LogP contribution is 2.21. The van der Waals surface area contributed by atoms with Gasteiger partial charge < -0.3 is 11.5 Å². The van der Waals surface area contributed by atoms with E-state index in [1.807, 2.05) is 6.92 Å². The van der Waals surface area contributed by atoms with Crippen molar-refractivity contribution in [3.8, 4) is 0 Å². The van der Waals surface area contributed by atoms with Gasteiger partial charge in [0.25, 0.3) is 0 Å². The van der Waals surface area contributed by atoms with E-state index in [1.165, 1.54) is 12.3 Å². The number of rotatable bonds is 3. The molecule has 0 spiro atoms. The predicted molar refractivity (Wildman–Crippen MR) is 60.9 cm³/mol. The lowest BCUT2D eigenvalue weighted by Crippen LogP contribution is -2.44. The average Bonchev–Trinajstić information content (AvgIpc) is 2.20. The molecular weight excluding hydrogens is 214 g/mol. The highest BCUT2D eigenvalue weighted by Gasteiger charge is 2.29. The van der Waals surface area contributed by atoms with Gasteiger partial charge in [0.2, 0.25) is 0 Å². The van der Waals surface area contributed by atoms with E-state index in [1.54, 1.807) is 6.92 Å². The summed E-state index contributed by atoms with van der Waals surface area (Å²) in [4.78, 5) is 15.8. The van der Waals surface area contributed by atoms with E-state index in [2.05, 4.69) is 4.98 Å². The minimum Gasteiger partial charge on any atom is -0.383 e. The van der Waals surface area contributed by atoms with Gasteiger partial charge in [0.05, 0.1) is 16.1 Å². The van der Waals surface area contributed by atoms with Gasteiger partial charge in [0.15, 0.2) is 5.78 Å². The maximum Gasteiger partial charge on any atom is 0.186 e. The van der Waals surface area contributed by atoms with E-state index in [-0.39, 0.29) is 17.2 Å². The number of carbonyl (C=O) groups is 1. The van der Waals surface area contributed by atoms with Gasteiger partial charge in [0.1, 0.15) is 5.82 Å². The van der Waals surface area contributed by atoms with Crippen LogP contribution in [-0.2, 0) is 0 Å². The molecule has 1 aromatic rings. The zero-order valence-electron chi connectivity index (χ0n) is 8.75. The smallest absolute Gasteiger partial charge is 0.186 e. The van der Waals surface area contributed by atoms with Crippen molar-refractivity contribution in [2.24, 2.45) is 5.73 Å². The van der Waals surface area contributed by atoms with Crippen LogP contribution in [0.2, 0.25) is 5.02 Å². The third-order valence-corrected chi connectivity index (χ3v) is 2.59. The second-order valence-electron chi connectivity index (χ2n) is 3.69. The van der Waals surface area contributed by atoms with Gasteiger partial charge >= 0.3 is 0 Å². The zero-order chi connectivity index (χ0) is 11.6. The Bertz CT molecular complexity index is 390. The Balaban J connectivity index is 3.17. The largest absolute Gasteiger partial charge is 0.383 e. The molecule has 1 rings (SSSR count). The third-order valence-electron chi connectivity index (χ3n) is 2.38. The first-order valence-corrected chi connectivity index (χ1v) is 5.01. The second-order valence-corrected chi connectivity index (χ2v) is 4.12. The highest BCUT2D eigenvalue weighted by atomic mass is 35.5. The maximum absolute atomic E-state index is 12.0. The van der Waals surface area contributed by atoms with Crippen LogP contribution >= 0.6 is 11.6 Å². The molecule has 1 aromatic heterocycles. The Morgan fingerprint density at radius 2 is 2.27 bits per heavy atom. The van der Waals surface area contributed by atoms with Crippen LogP contribution in [0.15, 0.2) is 12.3 Å². The topological polar surface area (TPSA) is 82.0 Å². The quantitative estimate of drug-likeness (QED) is 0.769. The molecule has 1 unspecified atom stereocenters. The third kappa shape index (κ3) is 2.46. The lowest BCUT2D eigenvalue weighted by atomic mass is 9.90. The molecule has 0 bridgehead atoms. The van der Waals surface area contributed by atoms with E-state index in [4.69, 9.17) is 23.1 Å². The van der Waals surface area contributed by atoms with E-state index in [9.17, 15) is 4.79 Å². The summed E-state index contributed by atoms with van der Waals surface area (Å²) in [5.74, 6) is -0.0768. The number of nitrogens with two attached hydrogens (primary N) is 2. The summed E-state index contributed by atoms with van der Waals surface area (Å²) in [7, 11) is 0. The number of ketones is 1. The summed E-state index contributed by atoms with van der Waals surface area (Å²) in [6.07, 6.45) is 1.92. The van der Waals surface area contributed by atoms with Crippen molar-refractivity contribution in [1.29, 1.82) is 0 Å². The van der Waals surface area contributed by atoms with Gasteiger partial charge in [-0.25, -0.2) is 4.98 Å². The summed E-state index contributed by atoms with van der Waals surface area (Å²) >= 11 is 5.74. The second kappa shape index (κ2) is 4.16. The molecule has 0 aliphatic heterocycles. The fourth-order valence-corrected chi connectivity index (χ4v) is 1.26. The van der Waals surface area contributed by atoms with Crippen molar-refractivity contribution in [3.63, 3.8) is 0 Å². The molecule has 1 atom stereocenters. The zero-order valence-corrected chi connectivity index (χ0v) is 9.51. The van der Waals surface area contributed by atoms with Crippen LogP contribution in [0.5, 0.6) is 0 Å². The normalized spacial score (nSPS) is 14.7. The monoisotopic (exact) mass is 227 g/mol. The van der Waals surface area contributed by atoms with E-state index in [0.29, 0.717) is 11.4 Å². The molecule has 0 aromatic carbocycles. The molecule has 0 saturated heterocycles. The molecule has 0 saturated carbocycles. The van der Waals surface area contributed by atoms with E-state index in [0.717, 1.165) is 0 Å². The minimum absolute atomic E-state index is 0.162. The van der Waals surface area contributed by atoms with Gasteiger partial charge in [-0.3, -0.25) is 4.79 Å². The van der Waals surface area contributed by atoms with Gasteiger partial charge in [-0.2, -0.15) is 0 Å². The fourth-order valence-electron chi connectivity index (χ4n) is 1.10. The summed E-state index contributed by atoms with van der Waals surface area (Å²) < 4.78 is 0. The van der Waals surface area contributed by atoms with Gasteiger partial charge in [0, 0.05) is 6.20 Å². The number of nitrogens with zero attached hydrogens (tertiary/aromatic N) is 1. The summed E-state index contributed by atoms with van der Waals surface area (Å²) in [5, 5.41) is 0.374. The van der Waals surface area contributed by atoms with Gasteiger partial charge in [-0.15, -0.1) is 0 Å². The van der Waals surface area contributed by atoms with Crippen LogP contribution in [0.25, 0.3) is 0 Å². The number of hydrogen-bond donors (Lipinski definition) is 2. The molecule has 15 heavy (non-hydrogen) atoms. The molecule has 0 aliphatic carbocycles.